The van der Waals surface area contributed by atoms with Crippen LogP contribution in [0.15, 0.2) is 136 Å². The fourth-order valence-electron chi connectivity index (χ4n) is 8.20. The number of aromatic carboxylic acids is 1. The summed E-state index contributed by atoms with van der Waals surface area (Å²) in [5.74, 6) is -0.436. The molecule has 16 heteroatoms. The van der Waals surface area contributed by atoms with Crippen molar-refractivity contribution in [3.63, 3.8) is 0 Å². The van der Waals surface area contributed by atoms with Crippen molar-refractivity contribution in [3.8, 4) is 22.4 Å². The summed E-state index contributed by atoms with van der Waals surface area (Å²) in [7, 11) is -8.03. The van der Waals surface area contributed by atoms with Gasteiger partial charge in [-0.2, -0.15) is 0 Å². The third-order valence-corrected chi connectivity index (χ3v) is 15.2. The number of nitrogens with zero attached hydrogens (tertiary/aromatic N) is 3. The van der Waals surface area contributed by atoms with Gasteiger partial charge in [0, 0.05) is 95.1 Å². The van der Waals surface area contributed by atoms with Gasteiger partial charge < -0.3 is 29.9 Å². The van der Waals surface area contributed by atoms with Gasteiger partial charge in [-0.1, -0.05) is 54.1 Å². The highest BCUT2D eigenvalue weighted by atomic mass is 35.5. The largest absolute Gasteiger partial charge is 0.478 e. The Morgan fingerprint density at radius 3 is 2.06 bits per heavy atom. The number of nitrogens with one attached hydrogen (secondary N) is 2. The highest BCUT2D eigenvalue weighted by molar-refractivity contribution is 7.99. The van der Waals surface area contributed by atoms with Gasteiger partial charge in [0.15, 0.2) is 9.84 Å². The fourth-order valence-corrected chi connectivity index (χ4v) is 11.4. The van der Waals surface area contributed by atoms with E-state index in [1.807, 2.05) is 106 Å². The van der Waals surface area contributed by atoms with E-state index in [4.69, 9.17) is 11.6 Å². The highest BCUT2D eigenvalue weighted by Crippen LogP contribution is 2.42. The molecule has 1 aromatic heterocycles. The Balaban J connectivity index is 1.03. The van der Waals surface area contributed by atoms with E-state index in [1.54, 1.807) is 23.9 Å². The zero-order chi connectivity index (χ0) is 45.8. The zero-order valence-corrected chi connectivity index (χ0v) is 39.2. The number of carbonyl (C=O) groups is 1. The molecule has 0 saturated carbocycles. The summed E-state index contributed by atoms with van der Waals surface area (Å²) >= 11 is 7.82. The number of piperazine rings is 1. The van der Waals surface area contributed by atoms with Crippen LogP contribution in [0.1, 0.15) is 42.4 Å². The number of thioether (sulfide) groups is 1. The van der Waals surface area contributed by atoms with Crippen molar-refractivity contribution < 1.29 is 31.8 Å². The number of rotatable bonds is 17. The van der Waals surface area contributed by atoms with E-state index >= 15 is 0 Å². The molecular formula is C48H52ClN5O7S3. The predicted octanol–water partition coefficient (Wildman–Crippen LogP) is 9.55. The predicted molar refractivity (Wildman–Crippen MR) is 260 cm³/mol. The molecule has 2 heterocycles. The molecule has 0 unspecified atom stereocenters. The number of halogens is 1. The van der Waals surface area contributed by atoms with Crippen LogP contribution in [0, 0.1) is 6.92 Å². The number of sulfonamides is 1. The van der Waals surface area contributed by atoms with Crippen molar-refractivity contribution in [3.05, 3.63) is 138 Å². The molecule has 0 amide bonds. The summed E-state index contributed by atoms with van der Waals surface area (Å²) in [6, 6.07) is 36.0. The quantitative estimate of drug-likeness (QED) is 0.0645. The molecule has 1 saturated heterocycles. The average Bonchev–Trinajstić information content (AvgIpc) is 3.59. The first-order valence-electron chi connectivity index (χ1n) is 20.9. The first kappa shape index (κ1) is 46.5. The molecule has 0 bridgehead atoms. The van der Waals surface area contributed by atoms with Crippen molar-refractivity contribution in [2.75, 3.05) is 64.6 Å². The summed E-state index contributed by atoms with van der Waals surface area (Å²) in [6.45, 7) is 8.60. The standard InChI is InChI=1S/C48H52ClN5O7S3/c1-32(2)54-33(3)45(48(56)57)46(47(54)34-13-15-36(49)16-14-34)35-9-8-10-40(29-35)53-26-24-52(25-27-53)39-19-17-37(18-20-39)51-64(60,61)42-21-22-43(44(30-42)63(4,58)59)50-38(23-28-55)31-62-41-11-6-5-7-12-41/h5-22,29-30,32,38,50-51,55H,23-28,31H2,1-4H3,(H,56,57)/t38-/m1/s1. The zero-order valence-electron chi connectivity index (χ0n) is 36.0. The van der Waals surface area contributed by atoms with Gasteiger partial charge in [0.2, 0.25) is 0 Å². The molecule has 0 aliphatic carbocycles. The van der Waals surface area contributed by atoms with Crippen molar-refractivity contribution >= 4 is 71.9 Å². The lowest BCUT2D eigenvalue weighted by atomic mass is 9.96. The molecule has 6 aromatic rings. The van der Waals surface area contributed by atoms with Crippen LogP contribution in [0.3, 0.4) is 0 Å². The Hall–Kier alpha value is -5.45. The number of carboxylic acid groups (broad SMARTS) is 1. The van der Waals surface area contributed by atoms with Gasteiger partial charge in [-0.3, -0.25) is 4.72 Å². The number of sulfone groups is 1. The number of anilines is 4. The molecule has 4 N–H and O–H groups in total. The van der Waals surface area contributed by atoms with E-state index in [9.17, 15) is 31.8 Å². The van der Waals surface area contributed by atoms with Crippen LogP contribution < -0.4 is 19.8 Å². The maximum atomic E-state index is 13.6. The molecular weight excluding hydrogens is 890 g/mol. The van der Waals surface area contributed by atoms with Crippen molar-refractivity contribution in [1.29, 1.82) is 0 Å². The third kappa shape index (κ3) is 10.6. The van der Waals surface area contributed by atoms with Gasteiger partial charge in [-0.25, -0.2) is 21.6 Å². The number of hydrogen-bond acceptors (Lipinski definition) is 10. The number of carboxylic acids is 1. The van der Waals surface area contributed by atoms with Crippen LogP contribution in [-0.2, 0) is 19.9 Å². The number of hydrogen-bond donors (Lipinski definition) is 4. The number of benzene rings is 5. The second kappa shape index (κ2) is 19.7. The summed E-state index contributed by atoms with van der Waals surface area (Å²) in [6.07, 6.45) is 1.40. The van der Waals surface area contributed by atoms with Crippen LogP contribution in [-0.4, -0.2) is 88.4 Å². The molecule has 64 heavy (non-hydrogen) atoms. The van der Waals surface area contributed by atoms with Gasteiger partial charge in [0.05, 0.1) is 26.7 Å². The minimum atomic E-state index is -4.18. The maximum Gasteiger partial charge on any atom is 0.338 e. The molecule has 0 spiro atoms. The molecule has 7 rings (SSSR count). The van der Waals surface area contributed by atoms with Gasteiger partial charge in [-0.15, -0.1) is 11.8 Å². The lowest BCUT2D eigenvalue weighted by molar-refractivity contribution is 0.0696. The molecule has 336 valence electrons. The van der Waals surface area contributed by atoms with E-state index in [1.165, 1.54) is 12.1 Å². The molecule has 1 aliphatic heterocycles. The van der Waals surface area contributed by atoms with Crippen molar-refractivity contribution in [2.24, 2.45) is 0 Å². The average molecular weight is 943 g/mol. The summed E-state index contributed by atoms with van der Waals surface area (Å²) in [4.78, 5) is 18.0. The number of aliphatic hydroxyl groups excluding tert-OH is 1. The Kier molecular flexibility index (Phi) is 14.4. The maximum absolute atomic E-state index is 13.6. The smallest absolute Gasteiger partial charge is 0.338 e. The van der Waals surface area contributed by atoms with Crippen molar-refractivity contribution in [2.45, 2.75) is 54.0 Å². The molecule has 12 nitrogen and oxygen atoms in total. The van der Waals surface area contributed by atoms with Gasteiger partial charge >= 0.3 is 5.97 Å². The van der Waals surface area contributed by atoms with E-state index in [0.717, 1.165) is 45.4 Å². The van der Waals surface area contributed by atoms with E-state index < -0.39 is 25.8 Å². The van der Waals surface area contributed by atoms with E-state index in [-0.39, 0.29) is 39.7 Å². The van der Waals surface area contributed by atoms with Gasteiger partial charge in [0.25, 0.3) is 10.0 Å². The Labute approximate surface area is 384 Å². The lowest BCUT2D eigenvalue weighted by Crippen LogP contribution is -2.46. The summed E-state index contributed by atoms with van der Waals surface area (Å²) in [5.41, 5.74) is 6.61. The highest BCUT2D eigenvalue weighted by Gasteiger charge is 2.29. The van der Waals surface area contributed by atoms with Crippen LogP contribution in [0.2, 0.25) is 5.02 Å². The third-order valence-electron chi connectivity index (χ3n) is 11.3. The Bertz CT molecular complexity index is 2830. The topological polar surface area (TPSA) is 161 Å². The number of aromatic nitrogens is 1. The summed E-state index contributed by atoms with van der Waals surface area (Å²) < 4.78 is 57.9. The van der Waals surface area contributed by atoms with Gasteiger partial charge in [0.1, 0.15) is 0 Å². The van der Waals surface area contributed by atoms with E-state index in [0.29, 0.717) is 60.3 Å². The van der Waals surface area contributed by atoms with Crippen LogP contribution in [0.5, 0.6) is 0 Å². The van der Waals surface area contributed by atoms with Crippen LogP contribution >= 0.6 is 23.4 Å². The number of aliphatic hydroxyl groups is 1. The molecule has 5 aromatic carbocycles. The minimum absolute atomic E-state index is 0.00539. The first-order chi connectivity index (χ1) is 30.5. The Morgan fingerprint density at radius 2 is 1.45 bits per heavy atom. The Morgan fingerprint density at radius 1 is 0.797 bits per heavy atom. The van der Waals surface area contributed by atoms with Crippen molar-refractivity contribution in [1.82, 2.24) is 4.57 Å². The summed E-state index contributed by atoms with van der Waals surface area (Å²) in [5, 5.41) is 24.1. The van der Waals surface area contributed by atoms with Crippen LogP contribution in [0.25, 0.3) is 22.4 Å². The second-order valence-electron chi connectivity index (χ2n) is 16.0. The minimum Gasteiger partial charge on any atom is -0.478 e. The second-order valence-corrected chi connectivity index (χ2v) is 21.2. The SMILES string of the molecule is Cc1c(C(=O)O)c(-c2cccc(N3CCN(c4ccc(NS(=O)(=O)c5ccc(N[C@H](CCO)CSc6ccccc6)c(S(C)(=O)=O)c5)cc4)CC3)c2)c(-c2ccc(Cl)cc2)n1C(C)C. The normalized spacial score (nSPS) is 13.9. The van der Waals surface area contributed by atoms with Crippen LogP contribution in [0.4, 0.5) is 22.7 Å². The van der Waals surface area contributed by atoms with Gasteiger partial charge in [-0.05, 0) is 117 Å². The fraction of sp³-hybridized carbons (Fsp3) is 0.271. The monoisotopic (exact) mass is 941 g/mol. The molecule has 1 aliphatic rings. The first-order valence-corrected chi connectivity index (χ1v) is 25.6. The molecule has 0 radical (unpaired) electrons. The van der Waals surface area contributed by atoms with E-state index in [2.05, 4.69) is 30.5 Å². The molecule has 1 atom stereocenters. The lowest BCUT2D eigenvalue weighted by Gasteiger charge is -2.37. The molecule has 1 fully saturated rings.